The summed E-state index contributed by atoms with van der Waals surface area (Å²) in [6, 6.07) is 11.9. The molecule has 0 spiro atoms. The lowest BCUT2D eigenvalue weighted by molar-refractivity contribution is -0.120. The molecule has 0 atom stereocenters. The SMILES string of the molecule is NC(=O)Nc1ccc(CNC(=O)CCS(=O)(=O)c2ccc(Cl)cc2)cc1. The summed E-state index contributed by atoms with van der Waals surface area (Å²) in [6.07, 6.45) is -0.147. The van der Waals surface area contributed by atoms with Gasteiger partial charge in [-0.25, -0.2) is 13.2 Å². The Bertz CT molecular complexity index is 881. The molecule has 26 heavy (non-hydrogen) atoms. The molecule has 0 aliphatic rings. The van der Waals surface area contributed by atoms with Crippen LogP contribution in [0.1, 0.15) is 12.0 Å². The van der Waals surface area contributed by atoms with E-state index in [1.165, 1.54) is 24.3 Å². The molecule has 4 N–H and O–H groups in total. The fourth-order valence-electron chi connectivity index (χ4n) is 2.12. The van der Waals surface area contributed by atoms with E-state index in [1.54, 1.807) is 24.3 Å². The van der Waals surface area contributed by atoms with E-state index in [9.17, 15) is 18.0 Å². The van der Waals surface area contributed by atoms with E-state index in [1.807, 2.05) is 0 Å². The number of amides is 3. The van der Waals surface area contributed by atoms with Crippen LogP contribution in [0.2, 0.25) is 5.02 Å². The first-order chi connectivity index (χ1) is 12.3. The molecule has 0 aliphatic heterocycles. The van der Waals surface area contributed by atoms with E-state index < -0.39 is 15.9 Å². The molecule has 2 aromatic rings. The molecule has 0 saturated carbocycles. The number of urea groups is 1. The summed E-state index contributed by atoms with van der Waals surface area (Å²) in [7, 11) is -3.54. The normalized spacial score (nSPS) is 11.0. The molecule has 0 unspecified atom stereocenters. The van der Waals surface area contributed by atoms with Crippen molar-refractivity contribution < 1.29 is 18.0 Å². The highest BCUT2D eigenvalue weighted by Crippen LogP contribution is 2.16. The predicted molar refractivity (Wildman–Crippen MR) is 99.6 cm³/mol. The number of nitrogens with two attached hydrogens (primary N) is 1. The van der Waals surface area contributed by atoms with Crippen molar-refractivity contribution in [1.82, 2.24) is 5.32 Å². The largest absolute Gasteiger partial charge is 0.352 e. The fraction of sp³-hybridized carbons (Fsp3) is 0.176. The third kappa shape index (κ3) is 6.05. The van der Waals surface area contributed by atoms with Crippen LogP contribution < -0.4 is 16.4 Å². The molecular weight excluding hydrogens is 378 g/mol. The minimum absolute atomic E-state index is 0.132. The number of hydrogen-bond donors (Lipinski definition) is 3. The molecule has 0 saturated heterocycles. The van der Waals surface area contributed by atoms with Gasteiger partial charge in [-0.15, -0.1) is 0 Å². The quantitative estimate of drug-likeness (QED) is 0.666. The maximum absolute atomic E-state index is 12.2. The van der Waals surface area contributed by atoms with Gasteiger partial charge >= 0.3 is 6.03 Å². The number of carbonyl (C=O) groups excluding carboxylic acids is 2. The van der Waals surface area contributed by atoms with Crippen LogP contribution in [0.15, 0.2) is 53.4 Å². The molecule has 0 bridgehead atoms. The maximum Gasteiger partial charge on any atom is 0.316 e. The smallest absolute Gasteiger partial charge is 0.316 e. The fourth-order valence-corrected chi connectivity index (χ4v) is 3.49. The zero-order valence-electron chi connectivity index (χ0n) is 13.7. The Balaban J connectivity index is 1.83. The van der Waals surface area contributed by atoms with Gasteiger partial charge in [-0.05, 0) is 42.0 Å². The van der Waals surface area contributed by atoms with Gasteiger partial charge in [0.1, 0.15) is 0 Å². The van der Waals surface area contributed by atoms with Crippen molar-refractivity contribution in [2.24, 2.45) is 5.73 Å². The van der Waals surface area contributed by atoms with Crippen molar-refractivity contribution in [3.8, 4) is 0 Å². The Kier molecular flexibility index (Phi) is 6.59. The van der Waals surface area contributed by atoms with Crippen molar-refractivity contribution in [3.63, 3.8) is 0 Å². The highest BCUT2D eigenvalue weighted by molar-refractivity contribution is 7.91. The van der Waals surface area contributed by atoms with Crippen molar-refractivity contribution >= 4 is 39.1 Å². The topological polar surface area (TPSA) is 118 Å². The molecule has 0 radical (unpaired) electrons. The zero-order chi connectivity index (χ0) is 19.2. The molecule has 0 aliphatic carbocycles. The van der Waals surface area contributed by atoms with Crippen molar-refractivity contribution in [2.45, 2.75) is 17.9 Å². The number of hydrogen-bond acceptors (Lipinski definition) is 4. The first-order valence-corrected chi connectivity index (χ1v) is 9.70. The summed E-state index contributed by atoms with van der Waals surface area (Å²) in [5.41, 5.74) is 6.36. The van der Waals surface area contributed by atoms with Crippen LogP contribution in [0, 0.1) is 0 Å². The van der Waals surface area contributed by atoms with Gasteiger partial charge in [-0.1, -0.05) is 23.7 Å². The number of nitrogens with one attached hydrogen (secondary N) is 2. The minimum atomic E-state index is -3.54. The maximum atomic E-state index is 12.2. The molecule has 2 rings (SSSR count). The van der Waals surface area contributed by atoms with Crippen LogP contribution >= 0.6 is 11.6 Å². The van der Waals surface area contributed by atoms with Crippen LogP contribution in [0.3, 0.4) is 0 Å². The Morgan fingerprint density at radius 1 is 1.00 bits per heavy atom. The number of carbonyl (C=O) groups is 2. The lowest BCUT2D eigenvalue weighted by Crippen LogP contribution is -2.25. The second kappa shape index (κ2) is 8.68. The molecule has 0 fully saturated rings. The van der Waals surface area contributed by atoms with E-state index in [2.05, 4.69) is 10.6 Å². The van der Waals surface area contributed by atoms with Gasteiger partial charge in [0.15, 0.2) is 9.84 Å². The summed E-state index contributed by atoms with van der Waals surface area (Å²) < 4.78 is 24.4. The summed E-state index contributed by atoms with van der Waals surface area (Å²) in [4.78, 5) is 22.8. The van der Waals surface area contributed by atoms with Gasteiger partial charge in [0.05, 0.1) is 10.6 Å². The van der Waals surface area contributed by atoms with Gasteiger partial charge in [0.2, 0.25) is 5.91 Å². The number of rotatable bonds is 7. The molecule has 3 amide bonds. The van der Waals surface area contributed by atoms with Crippen LogP contribution in [0.5, 0.6) is 0 Å². The van der Waals surface area contributed by atoms with Crippen molar-refractivity contribution in [1.29, 1.82) is 0 Å². The number of sulfone groups is 1. The van der Waals surface area contributed by atoms with E-state index in [4.69, 9.17) is 17.3 Å². The molecule has 2 aromatic carbocycles. The first-order valence-electron chi connectivity index (χ1n) is 7.67. The van der Waals surface area contributed by atoms with Gasteiger partial charge in [0.25, 0.3) is 0 Å². The van der Waals surface area contributed by atoms with E-state index in [-0.39, 0.29) is 29.5 Å². The Morgan fingerprint density at radius 2 is 1.62 bits per heavy atom. The van der Waals surface area contributed by atoms with E-state index >= 15 is 0 Å². The number of benzene rings is 2. The second-order valence-electron chi connectivity index (χ2n) is 5.49. The average Bonchev–Trinajstić information content (AvgIpc) is 2.59. The summed E-state index contributed by atoms with van der Waals surface area (Å²) in [5.74, 6) is -0.663. The first kappa shape index (κ1) is 19.7. The van der Waals surface area contributed by atoms with Crippen molar-refractivity contribution in [2.75, 3.05) is 11.1 Å². The van der Waals surface area contributed by atoms with E-state index in [0.717, 1.165) is 5.56 Å². The van der Waals surface area contributed by atoms with Crippen LogP contribution in [-0.4, -0.2) is 26.1 Å². The Hall–Kier alpha value is -2.58. The summed E-state index contributed by atoms with van der Waals surface area (Å²) >= 11 is 5.74. The lowest BCUT2D eigenvalue weighted by Gasteiger charge is -2.08. The standard InChI is InChI=1S/C17H18ClN3O4S/c18-13-3-7-15(8-4-13)26(24,25)10-9-16(22)20-11-12-1-5-14(6-2-12)21-17(19)23/h1-8H,9-11H2,(H,20,22)(H3,19,21,23). The second-order valence-corrected chi connectivity index (χ2v) is 8.03. The number of halogens is 1. The average molecular weight is 396 g/mol. The zero-order valence-corrected chi connectivity index (χ0v) is 15.3. The van der Waals surface area contributed by atoms with E-state index in [0.29, 0.717) is 10.7 Å². The van der Waals surface area contributed by atoms with Crippen LogP contribution in [0.25, 0.3) is 0 Å². The molecule has 0 aromatic heterocycles. The highest BCUT2D eigenvalue weighted by Gasteiger charge is 2.16. The van der Waals surface area contributed by atoms with Gasteiger partial charge in [0, 0.05) is 23.7 Å². The number of primary amides is 1. The lowest BCUT2D eigenvalue weighted by atomic mass is 10.2. The molecular formula is C17H18ClN3O4S. The monoisotopic (exact) mass is 395 g/mol. The minimum Gasteiger partial charge on any atom is -0.352 e. The third-order valence-electron chi connectivity index (χ3n) is 3.48. The van der Waals surface area contributed by atoms with Crippen molar-refractivity contribution in [3.05, 3.63) is 59.1 Å². The molecule has 7 nitrogen and oxygen atoms in total. The van der Waals surface area contributed by atoms with Gasteiger partial charge in [-0.3, -0.25) is 4.79 Å². The molecule has 0 heterocycles. The highest BCUT2D eigenvalue weighted by atomic mass is 35.5. The number of anilines is 1. The van der Waals surface area contributed by atoms with Crippen LogP contribution in [-0.2, 0) is 21.2 Å². The predicted octanol–water partition coefficient (Wildman–Crippen LogP) is 2.31. The molecule has 9 heteroatoms. The summed E-state index contributed by atoms with van der Waals surface area (Å²) in [6.45, 7) is 0.247. The third-order valence-corrected chi connectivity index (χ3v) is 5.47. The Labute approximate surface area is 156 Å². The van der Waals surface area contributed by atoms with Gasteiger partial charge < -0.3 is 16.4 Å². The summed E-state index contributed by atoms with van der Waals surface area (Å²) in [5, 5.41) is 5.53. The van der Waals surface area contributed by atoms with Crippen LogP contribution in [0.4, 0.5) is 10.5 Å². The molecule has 138 valence electrons. The Morgan fingerprint density at radius 3 is 2.19 bits per heavy atom. The van der Waals surface area contributed by atoms with Gasteiger partial charge in [-0.2, -0.15) is 0 Å².